The molecule has 0 aromatic heterocycles. The first-order chi connectivity index (χ1) is 12.2. The Kier molecular flexibility index (Phi) is 5.93. The van der Waals surface area contributed by atoms with Crippen LogP contribution in [0.4, 0.5) is 0 Å². The Bertz CT molecular complexity index is 705. The Morgan fingerprint density at radius 3 is 2.60 bits per heavy atom. The summed E-state index contributed by atoms with van der Waals surface area (Å²) in [5.74, 6) is 2.21. The quantitative estimate of drug-likeness (QED) is 0.742. The summed E-state index contributed by atoms with van der Waals surface area (Å²) in [7, 11) is 6.11. The van der Waals surface area contributed by atoms with Crippen molar-refractivity contribution in [3.05, 3.63) is 71.3 Å². The fourth-order valence-corrected chi connectivity index (χ4v) is 3.99. The summed E-state index contributed by atoms with van der Waals surface area (Å²) >= 11 is 0. The standard InChI is InChI=1S/C23H29NO/c1-24(2)17-21-13-12-19(14-18-8-5-4-6-9-18)15-23(21)20-10-7-11-22(16-20)25-3/h4-11,14,16,21,23H,12-13,15,17H2,1-3H3/b19-14-. The summed E-state index contributed by atoms with van der Waals surface area (Å²) < 4.78 is 5.46. The molecular weight excluding hydrogens is 306 g/mol. The molecule has 2 aromatic carbocycles. The van der Waals surface area contributed by atoms with Crippen molar-refractivity contribution in [1.29, 1.82) is 0 Å². The average molecular weight is 335 g/mol. The number of rotatable bonds is 5. The van der Waals surface area contributed by atoms with E-state index in [1.807, 2.05) is 6.07 Å². The van der Waals surface area contributed by atoms with Crippen LogP contribution < -0.4 is 4.74 Å². The molecule has 0 saturated heterocycles. The number of ether oxygens (including phenoxy) is 1. The Morgan fingerprint density at radius 2 is 1.88 bits per heavy atom. The summed E-state index contributed by atoms with van der Waals surface area (Å²) in [4.78, 5) is 2.32. The highest BCUT2D eigenvalue weighted by atomic mass is 16.5. The minimum absolute atomic E-state index is 0.557. The van der Waals surface area contributed by atoms with Crippen LogP contribution >= 0.6 is 0 Å². The van der Waals surface area contributed by atoms with Gasteiger partial charge in [0.2, 0.25) is 0 Å². The maximum Gasteiger partial charge on any atom is 0.119 e. The zero-order valence-electron chi connectivity index (χ0n) is 15.6. The highest BCUT2D eigenvalue weighted by Crippen LogP contribution is 2.42. The zero-order valence-corrected chi connectivity index (χ0v) is 15.6. The molecule has 0 spiro atoms. The smallest absolute Gasteiger partial charge is 0.119 e. The monoisotopic (exact) mass is 335 g/mol. The molecule has 2 aromatic rings. The van der Waals surface area contributed by atoms with E-state index in [-0.39, 0.29) is 0 Å². The second-order valence-corrected chi connectivity index (χ2v) is 7.36. The summed E-state index contributed by atoms with van der Waals surface area (Å²) in [6.45, 7) is 1.14. The van der Waals surface area contributed by atoms with E-state index >= 15 is 0 Å². The van der Waals surface area contributed by atoms with E-state index in [0.717, 1.165) is 18.7 Å². The van der Waals surface area contributed by atoms with Crippen LogP contribution in [-0.2, 0) is 0 Å². The van der Waals surface area contributed by atoms with Gasteiger partial charge in [0.05, 0.1) is 7.11 Å². The SMILES string of the molecule is COc1cccc(C2C/C(=C\c3ccccc3)CCC2CN(C)C)c1. The topological polar surface area (TPSA) is 12.5 Å². The van der Waals surface area contributed by atoms with Crippen molar-refractivity contribution >= 4 is 6.08 Å². The molecule has 0 aliphatic heterocycles. The van der Waals surface area contributed by atoms with Crippen LogP contribution in [0.1, 0.15) is 36.3 Å². The van der Waals surface area contributed by atoms with Crippen LogP contribution in [-0.4, -0.2) is 32.6 Å². The van der Waals surface area contributed by atoms with E-state index in [1.165, 1.54) is 24.0 Å². The maximum atomic E-state index is 5.46. The van der Waals surface area contributed by atoms with Crippen LogP contribution in [0, 0.1) is 5.92 Å². The van der Waals surface area contributed by atoms with Crippen molar-refractivity contribution in [2.24, 2.45) is 5.92 Å². The minimum Gasteiger partial charge on any atom is -0.497 e. The Balaban J connectivity index is 1.86. The van der Waals surface area contributed by atoms with E-state index in [0.29, 0.717) is 11.8 Å². The third-order valence-electron chi connectivity index (χ3n) is 5.18. The molecule has 2 heteroatoms. The molecule has 2 unspecified atom stereocenters. The third-order valence-corrected chi connectivity index (χ3v) is 5.18. The average Bonchev–Trinajstić information content (AvgIpc) is 2.63. The second kappa shape index (κ2) is 8.35. The van der Waals surface area contributed by atoms with E-state index in [4.69, 9.17) is 4.74 Å². The molecule has 1 fully saturated rings. The molecule has 1 aliphatic rings. The predicted octanol–water partition coefficient (Wildman–Crippen LogP) is 5.22. The van der Waals surface area contributed by atoms with Crippen LogP contribution in [0.5, 0.6) is 5.75 Å². The molecule has 0 radical (unpaired) electrons. The number of hydrogen-bond acceptors (Lipinski definition) is 2. The van der Waals surface area contributed by atoms with Crippen molar-refractivity contribution in [3.8, 4) is 5.75 Å². The molecule has 1 saturated carbocycles. The summed E-state index contributed by atoms with van der Waals surface area (Å²) in [5, 5.41) is 0. The van der Waals surface area contributed by atoms with Crippen LogP contribution in [0.2, 0.25) is 0 Å². The zero-order chi connectivity index (χ0) is 17.6. The van der Waals surface area contributed by atoms with Crippen molar-refractivity contribution in [2.75, 3.05) is 27.7 Å². The molecule has 0 bridgehead atoms. The van der Waals surface area contributed by atoms with E-state index < -0.39 is 0 Å². The minimum atomic E-state index is 0.557. The van der Waals surface area contributed by atoms with Crippen LogP contribution in [0.3, 0.4) is 0 Å². The first-order valence-electron chi connectivity index (χ1n) is 9.19. The van der Waals surface area contributed by atoms with Gasteiger partial charge in [-0.2, -0.15) is 0 Å². The highest BCUT2D eigenvalue weighted by Gasteiger charge is 2.29. The molecule has 2 nitrogen and oxygen atoms in total. The molecule has 25 heavy (non-hydrogen) atoms. The molecule has 2 atom stereocenters. The lowest BCUT2D eigenvalue weighted by Crippen LogP contribution is -2.29. The Labute approximate surface area is 152 Å². The van der Waals surface area contributed by atoms with Gasteiger partial charge in [0, 0.05) is 6.54 Å². The Hall–Kier alpha value is -2.06. The lowest BCUT2D eigenvalue weighted by molar-refractivity contribution is 0.256. The first kappa shape index (κ1) is 17.8. The summed E-state index contributed by atoms with van der Waals surface area (Å²) in [5.41, 5.74) is 4.28. The fraction of sp³-hybridized carbons (Fsp3) is 0.391. The predicted molar refractivity (Wildman–Crippen MR) is 106 cm³/mol. The van der Waals surface area contributed by atoms with E-state index in [2.05, 4.69) is 73.6 Å². The molecular formula is C23H29NO. The van der Waals surface area contributed by atoms with Gasteiger partial charge in [0.1, 0.15) is 5.75 Å². The van der Waals surface area contributed by atoms with Gasteiger partial charge in [-0.3, -0.25) is 0 Å². The number of hydrogen-bond donors (Lipinski definition) is 0. The molecule has 3 rings (SSSR count). The van der Waals surface area contributed by atoms with Gasteiger partial charge >= 0.3 is 0 Å². The molecule has 0 heterocycles. The van der Waals surface area contributed by atoms with Crippen molar-refractivity contribution in [3.63, 3.8) is 0 Å². The number of methoxy groups -OCH3 is 1. The summed E-state index contributed by atoms with van der Waals surface area (Å²) in [6.07, 6.45) is 5.98. The van der Waals surface area contributed by atoms with Gasteiger partial charge in [-0.1, -0.05) is 54.1 Å². The van der Waals surface area contributed by atoms with Crippen LogP contribution in [0.15, 0.2) is 60.2 Å². The van der Waals surface area contributed by atoms with Gasteiger partial charge < -0.3 is 9.64 Å². The number of benzene rings is 2. The Morgan fingerprint density at radius 1 is 1.08 bits per heavy atom. The second-order valence-electron chi connectivity index (χ2n) is 7.36. The van der Waals surface area contributed by atoms with Gasteiger partial charge in [-0.05, 0) is 68.5 Å². The maximum absolute atomic E-state index is 5.46. The normalized spacial score (nSPS) is 22.3. The first-order valence-corrected chi connectivity index (χ1v) is 9.19. The fourth-order valence-electron chi connectivity index (χ4n) is 3.99. The van der Waals surface area contributed by atoms with E-state index in [1.54, 1.807) is 12.7 Å². The summed E-state index contributed by atoms with van der Waals surface area (Å²) in [6, 6.07) is 19.3. The number of nitrogens with zero attached hydrogens (tertiary/aromatic N) is 1. The van der Waals surface area contributed by atoms with Crippen molar-refractivity contribution < 1.29 is 4.74 Å². The molecule has 1 aliphatic carbocycles. The lowest BCUT2D eigenvalue weighted by Gasteiger charge is -2.35. The molecule has 0 N–H and O–H groups in total. The molecule has 132 valence electrons. The lowest BCUT2D eigenvalue weighted by atomic mass is 9.73. The highest BCUT2D eigenvalue weighted by molar-refractivity contribution is 5.53. The largest absolute Gasteiger partial charge is 0.497 e. The van der Waals surface area contributed by atoms with Gasteiger partial charge in [0.25, 0.3) is 0 Å². The number of allylic oxidation sites excluding steroid dienone is 1. The third kappa shape index (κ3) is 4.73. The van der Waals surface area contributed by atoms with Crippen molar-refractivity contribution in [2.45, 2.75) is 25.2 Å². The van der Waals surface area contributed by atoms with E-state index in [9.17, 15) is 0 Å². The van der Waals surface area contributed by atoms with Crippen LogP contribution in [0.25, 0.3) is 6.08 Å². The molecule has 0 amide bonds. The van der Waals surface area contributed by atoms with Gasteiger partial charge in [-0.25, -0.2) is 0 Å². The van der Waals surface area contributed by atoms with Gasteiger partial charge in [0.15, 0.2) is 0 Å². The van der Waals surface area contributed by atoms with Gasteiger partial charge in [-0.15, -0.1) is 0 Å². The van der Waals surface area contributed by atoms with Crippen molar-refractivity contribution in [1.82, 2.24) is 4.90 Å².